The normalized spacial score (nSPS) is 11.0. The van der Waals surface area contributed by atoms with Gasteiger partial charge in [0.2, 0.25) is 5.91 Å². The van der Waals surface area contributed by atoms with E-state index in [1.54, 1.807) is 19.3 Å². The predicted octanol–water partition coefficient (Wildman–Crippen LogP) is -4.69. The Hall–Kier alpha value is -3.19. The SMILES string of the molecule is CCOC(=O)CN(CCN(CCN(CC(=O)[O-])CC(=O)NCCN(Cc1ccccn1)Cc1ccccn1)CC(=O)[O-])CC(=O)[O-].[Gd+3]. The summed E-state index contributed by atoms with van der Waals surface area (Å²) in [4.78, 5) is 73.2. The average molecular weight is 800 g/mol. The number of carbonyl (C=O) groups excluding carboxylic acids is 5. The van der Waals surface area contributed by atoms with Gasteiger partial charge < -0.3 is 39.8 Å². The van der Waals surface area contributed by atoms with Crippen molar-refractivity contribution < 1.29 is 84.0 Å². The number of esters is 1. The number of carboxylic acids is 3. The van der Waals surface area contributed by atoms with E-state index in [2.05, 4.69) is 20.2 Å². The zero-order valence-electron chi connectivity index (χ0n) is 26.2. The molecule has 257 valence electrons. The Morgan fingerprint density at radius 1 is 0.660 bits per heavy atom. The summed E-state index contributed by atoms with van der Waals surface area (Å²) in [7, 11) is 0. The number of nitrogens with zero attached hydrogens (tertiary/aromatic N) is 6. The Balaban J connectivity index is 0.0000110. The smallest absolute Gasteiger partial charge is 0.549 e. The van der Waals surface area contributed by atoms with E-state index in [0.29, 0.717) is 19.6 Å². The van der Waals surface area contributed by atoms with Crippen molar-refractivity contribution >= 4 is 29.8 Å². The van der Waals surface area contributed by atoms with E-state index < -0.39 is 49.4 Å². The number of pyridine rings is 2. The summed E-state index contributed by atoms with van der Waals surface area (Å²) in [5, 5.41) is 36.7. The minimum atomic E-state index is -1.43. The molecule has 0 unspecified atom stereocenters. The second kappa shape index (κ2) is 24.0. The fourth-order valence-electron chi connectivity index (χ4n) is 4.47. The number of ether oxygens (including phenoxy) is 1. The molecular weight excluding hydrogens is 760 g/mol. The van der Waals surface area contributed by atoms with E-state index in [9.17, 15) is 39.3 Å². The first-order valence-electron chi connectivity index (χ1n) is 14.7. The van der Waals surface area contributed by atoms with Gasteiger partial charge in [0.15, 0.2) is 0 Å². The van der Waals surface area contributed by atoms with Crippen LogP contribution in [-0.2, 0) is 41.8 Å². The molecule has 2 rings (SSSR count). The van der Waals surface area contributed by atoms with Crippen LogP contribution in [0, 0.1) is 39.9 Å². The number of amides is 1. The minimum Gasteiger partial charge on any atom is -0.549 e. The molecule has 0 aliphatic rings. The van der Waals surface area contributed by atoms with Gasteiger partial charge in [-0.25, -0.2) is 0 Å². The molecule has 17 heteroatoms. The first kappa shape index (κ1) is 41.8. The van der Waals surface area contributed by atoms with E-state index in [0.717, 1.165) is 11.4 Å². The molecule has 0 saturated heterocycles. The fraction of sp³-hybridized carbons (Fsp3) is 0.500. The molecular formula is C30H40GdN7O9. The number of nitrogens with one attached hydrogen (secondary N) is 1. The predicted molar refractivity (Wildman–Crippen MR) is 157 cm³/mol. The van der Waals surface area contributed by atoms with Crippen LogP contribution >= 0.6 is 0 Å². The van der Waals surface area contributed by atoms with Crippen LogP contribution in [0.2, 0.25) is 0 Å². The van der Waals surface area contributed by atoms with E-state index in [4.69, 9.17) is 4.74 Å². The summed E-state index contributed by atoms with van der Waals surface area (Å²) in [6, 6.07) is 11.2. The van der Waals surface area contributed by atoms with Crippen molar-refractivity contribution in [1.29, 1.82) is 0 Å². The molecule has 0 aliphatic carbocycles. The van der Waals surface area contributed by atoms with E-state index in [-0.39, 0.29) is 92.4 Å². The van der Waals surface area contributed by atoms with Crippen LogP contribution in [0.15, 0.2) is 48.8 Å². The number of carbonyl (C=O) groups is 5. The molecule has 0 spiro atoms. The summed E-state index contributed by atoms with van der Waals surface area (Å²) < 4.78 is 4.85. The molecule has 1 N–H and O–H groups in total. The summed E-state index contributed by atoms with van der Waals surface area (Å²) in [5.74, 6) is -5.37. The molecule has 2 aromatic heterocycles. The van der Waals surface area contributed by atoms with Crippen LogP contribution in [0.4, 0.5) is 0 Å². The fourth-order valence-corrected chi connectivity index (χ4v) is 4.47. The second-order valence-corrected chi connectivity index (χ2v) is 10.3. The molecule has 2 heterocycles. The van der Waals surface area contributed by atoms with Crippen LogP contribution < -0.4 is 20.6 Å². The molecule has 0 fully saturated rings. The third-order valence-corrected chi connectivity index (χ3v) is 6.52. The quantitative estimate of drug-likeness (QED) is 0.0989. The zero-order valence-corrected chi connectivity index (χ0v) is 28.5. The number of hydrogen-bond acceptors (Lipinski definition) is 15. The standard InChI is InChI=1S/C30H43N7O9.Gd/c1-2-46-30(45)23-37(22-29(43)44)16-14-34(20-27(39)40)13-15-36(21-28(41)42)19-26(38)33-11-12-35(17-24-7-3-5-9-31-24)18-25-8-4-6-10-32-25;/h3-10H,2,11-23H2,1H3,(H,33,38)(H,39,40)(H,41,42)(H,43,44);/q;+3/p-3. The summed E-state index contributed by atoms with van der Waals surface area (Å²) in [6.45, 7) is 0.991. The van der Waals surface area contributed by atoms with Crippen molar-refractivity contribution in [3.8, 4) is 0 Å². The molecule has 0 saturated carbocycles. The molecule has 2 aromatic rings. The van der Waals surface area contributed by atoms with Gasteiger partial charge >= 0.3 is 45.9 Å². The maximum Gasteiger partial charge on any atom is 3.00 e. The van der Waals surface area contributed by atoms with E-state index in [1.807, 2.05) is 36.4 Å². The Labute approximate surface area is 305 Å². The van der Waals surface area contributed by atoms with Crippen molar-refractivity contribution in [1.82, 2.24) is 34.9 Å². The van der Waals surface area contributed by atoms with Gasteiger partial charge in [-0.2, -0.15) is 0 Å². The Morgan fingerprint density at radius 2 is 1.13 bits per heavy atom. The van der Waals surface area contributed by atoms with Gasteiger partial charge in [0, 0.05) is 84.4 Å². The van der Waals surface area contributed by atoms with Gasteiger partial charge in [0.25, 0.3) is 0 Å². The summed E-state index contributed by atoms with van der Waals surface area (Å²) in [5.41, 5.74) is 1.68. The third-order valence-electron chi connectivity index (χ3n) is 6.52. The topological polar surface area (TPSA) is 215 Å². The van der Waals surface area contributed by atoms with Crippen LogP contribution in [0.3, 0.4) is 0 Å². The first-order chi connectivity index (χ1) is 22.0. The molecule has 16 nitrogen and oxygen atoms in total. The minimum absolute atomic E-state index is 0. The second-order valence-electron chi connectivity index (χ2n) is 10.3. The monoisotopic (exact) mass is 800 g/mol. The Bertz CT molecular complexity index is 1200. The van der Waals surface area contributed by atoms with Crippen LogP contribution in [0.25, 0.3) is 0 Å². The van der Waals surface area contributed by atoms with Gasteiger partial charge in [-0.1, -0.05) is 12.1 Å². The third kappa shape index (κ3) is 19.9. The summed E-state index contributed by atoms with van der Waals surface area (Å²) >= 11 is 0. The van der Waals surface area contributed by atoms with Gasteiger partial charge in [-0.15, -0.1) is 0 Å². The molecule has 0 bridgehead atoms. The molecule has 1 radical (unpaired) electrons. The first-order valence-corrected chi connectivity index (χ1v) is 14.7. The maximum absolute atomic E-state index is 12.8. The molecule has 0 atom stereocenters. The van der Waals surface area contributed by atoms with E-state index in [1.165, 1.54) is 14.7 Å². The van der Waals surface area contributed by atoms with Crippen molar-refractivity contribution in [3.05, 3.63) is 60.2 Å². The Kier molecular flexibility index (Phi) is 21.4. The number of carboxylic acid groups (broad SMARTS) is 3. The van der Waals surface area contributed by atoms with Crippen molar-refractivity contribution in [2.24, 2.45) is 0 Å². The van der Waals surface area contributed by atoms with Gasteiger partial charge in [0.1, 0.15) is 0 Å². The van der Waals surface area contributed by atoms with Crippen LogP contribution in [0.5, 0.6) is 0 Å². The van der Waals surface area contributed by atoms with Crippen LogP contribution in [0.1, 0.15) is 18.3 Å². The van der Waals surface area contributed by atoms with Gasteiger partial charge in [-0.05, 0) is 31.2 Å². The van der Waals surface area contributed by atoms with Gasteiger partial charge in [-0.3, -0.25) is 39.2 Å². The zero-order chi connectivity index (χ0) is 33.7. The number of rotatable bonds is 24. The number of aliphatic carboxylic acids is 3. The number of aromatic nitrogens is 2. The van der Waals surface area contributed by atoms with Crippen LogP contribution in [-0.4, -0.2) is 138 Å². The van der Waals surface area contributed by atoms with Gasteiger partial charge in [0.05, 0.1) is 49.0 Å². The Morgan fingerprint density at radius 3 is 1.57 bits per heavy atom. The maximum atomic E-state index is 12.8. The van der Waals surface area contributed by atoms with Crippen molar-refractivity contribution in [3.63, 3.8) is 0 Å². The molecule has 0 aromatic carbocycles. The molecule has 0 aliphatic heterocycles. The number of hydrogen-bond donors (Lipinski definition) is 1. The summed E-state index contributed by atoms with van der Waals surface area (Å²) in [6.07, 6.45) is 3.40. The molecule has 1 amide bonds. The average Bonchev–Trinajstić information content (AvgIpc) is 2.98. The van der Waals surface area contributed by atoms with Crippen molar-refractivity contribution in [2.75, 3.05) is 78.6 Å². The van der Waals surface area contributed by atoms with E-state index >= 15 is 0 Å². The molecule has 47 heavy (non-hydrogen) atoms. The van der Waals surface area contributed by atoms with Crippen molar-refractivity contribution in [2.45, 2.75) is 20.0 Å². The largest absolute Gasteiger partial charge is 3.00 e.